The Morgan fingerprint density at radius 3 is 2.61 bits per heavy atom. The summed E-state index contributed by atoms with van der Waals surface area (Å²) in [5, 5.41) is 9.59. The second kappa shape index (κ2) is 7.15. The zero-order valence-corrected chi connectivity index (χ0v) is 14.2. The number of para-hydroxylation sites is 1. The summed E-state index contributed by atoms with van der Waals surface area (Å²) in [5.74, 6) is 1.16. The standard InChI is InChI=1S/C18H18BrNO3/c19-13-4-3-5-15(12-13)23-17-7-2-1-6-16(17)18(22)20-10-8-14(21)9-11-20/h1-7,12,14,21H,8-11H2. The molecule has 0 bridgehead atoms. The molecule has 1 amide bonds. The van der Waals surface area contributed by atoms with Crippen LogP contribution in [0.3, 0.4) is 0 Å². The molecule has 0 aliphatic carbocycles. The van der Waals surface area contributed by atoms with Crippen molar-refractivity contribution in [1.82, 2.24) is 4.90 Å². The molecular weight excluding hydrogens is 358 g/mol. The van der Waals surface area contributed by atoms with E-state index in [2.05, 4.69) is 15.9 Å². The molecule has 4 nitrogen and oxygen atoms in total. The van der Waals surface area contributed by atoms with E-state index in [-0.39, 0.29) is 12.0 Å². The van der Waals surface area contributed by atoms with Gasteiger partial charge in [0, 0.05) is 17.6 Å². The Morgan fingerprint density at radius 1 is 1.13 bits per heavy atom. The Balaban J connectivity index is 1.81. The first kappa shape index (κ1) is 16.0. The Hall–Kier alpha value is -1.85. The van der Waals surface area contributed by atoms with Gasteiger partial charge in [-0.05, 0) is 43.2 Å². The number of carbonyl (C=O) groups excluding carboxylic acids is 1. The number of hydrogen-bond donors (Lipinski definition) is 1. The molecule has 3 rings (SSSR count). The number of ether oxygens (including phenoxy) is 1. The van der Waals surface area contributed by atoms with Crippen LogP contribution in [-0.4, -0.2) is 35.1 Å². The zero-order valence-electron chi connectivity index (χ0n) is 12.6. The van der Waals surface area contributed by atoms with Gasteiger partial charge >= 0.3 is 0 Å². The van der Waals surface area contributed by atoms with Crippen molar-refractivity contribution in [2.45, 2.75) is 18.9 Å². The van der Waals surface area contributed by atoms with Crippen LogP contribution < -0.4 is 4.74 Å². The fourth-order valence-corrected chi connectivity index (χ4v) is 3.01. The summed E-state index contributed by atoms with van der Waals surface area (Å²) >= 11 is 3.41. The van der Waals surface area contributed by atoms with Crippen molar-refractivity contribution in [2.75, 3.05) is 13.1 Å². The molecule has 23 heavy (non-hydrogen) atoms. The van der Waals surface area contributed by atoms with Crippen LogP contribution in [0.5, 0.6) is 11.5 Å². The van der Waals surface area contributed by atoms with Crippen molar-refractivity contribution >= 4 is 21.8 Å². The predicted molar refractivity (Wildman–Crippen MR) is 91.8 cm³/mol. The lowest BCUT2D eigenvalue weighted by Gasteiger charge is -2.30. The minimum Gasteiger partial charge on any atom is -0.456 e. The van der Waals surface area contributed by atoms with Gasteiger partial charge in [0.15, 0.2) is 0 Å². The minimum atomic E-state index is -0.299. The highest BCUT2D eigenvalue weighted by molar-refractivity contribution is 9.10. The first-order chi connectivity index (χ1) is 11.1. The molecule has 2 aromatic rings. The highest BCUT2D eigenvalue weighted by atomic mass is 79.9. The molecule has 1 saturated heterocycles. The van der Waals surface area contributed by atoms with E-state index in [0.717, 1.165) is 4.47 Å². The second-order valence-electron chi connectivity index (χ2n) is 5.58. The molecule has 0 unspecified atom stereocenters. The second-order valence-corrected chi connectivity index (χ2v) is 6.49. The number of benzene rings is 2. The summed E-state index contributed by atoms with van der Waals surface area (Å²) in [5.41, 5.74) is 0.545. The van der Waals surface area contributed by atoms with Gasteiger partial charge < -0.3 is 14.7 Å². The molecule has 0 spiro atoms. The van der Waals surface area contributed by atoms with Gasteiger partial charge in [0.2, 0.25) is 0 Å². The highest BCUT2D eigenvalue weighted by Crippen LogP contribution is 2.28. The average Bonchev–Trinajstić information content (AvgIpc) is 2.55. The smallest absolute Gasteiger partial charge is 0.257 e. The molecule has 0 aromatic heterocycles. The number of nitrogens with zero attached hydrogens (tertiary/aromatic N) is 1. The SMILES string of the molecule is O=C(c1ccccc1Oc1cccc(Br)c1)N1CCC(O)CC1. The lowest BCUT2D eigenvalue weighted by atomic mass is 10.1. The van der Waals surface area contributed by atoms with Gasteiger partial charge in [-0.25, -0.2) is 0 Å². The average molecular weight is 376 g/mol. The van der Waals surface area contributed by atoms with Crippen molar-refractivity contribution in [3.8, 4) is 11.5 Å². The third-order valence-corrected chi connectivity index (χ3v) is 4.39. The third kappa shape index (κ3) is 3.92. The number of amides is 1. The number of hydrogen-bond acceptors (Lipinski definition) is 3. The number of aliphatic hydroxyl groups excluding tert-OH is 1. The van der Waals surface area contributed by atoms with E-state index in [1.165, 1.54) is 0 Å². The number of halogens is 1. The first-order valence-electron chi connectivity index (χ1n) is 7.63. The first-order valence-corrected chi connectivity index (χ1v) is 8.42. The molecular formula is C18H18BrNO3. The fourth-order valence-electron chi connectivity index (χ4n) is 2.63. The van der Waals surface area contributed by atoms with Crippen LogP contribution in [0.25, 0.3) is 0 Å². The van der Waals surface area contributed by atoms with E-state index in [0.29, 0.717) is 43.0 Å². The molecule has 0 saturated carbocycles. The maximum atomic E-state index is 12.7. The lowest BCUT2D eigenvalue weighted by molar-refractivity contribution is 0.0544. The molecule has 120 valence electrons. The highest BCUT2D eigenvalue weighted by Gasteiger charge is 2.24. The van der Waals surface area contributed by atoms with Gasteiger partial charge in [-0.2, -0.15) is 0 Å². The van der Waals surface area contributed by atoms with E-state index in [9.17, 15) is 9.90 Å². The van der Waals surface area contributed by atoms with Gasteiger partial charge in [0.25, 0.3) is 5.91 Å². The Morgan fingerprint density at radius 2 is 1.87 bits per heavy atom. The van der Waals surface area contributed by atoms with Crippen LogP contribution in [0, 0.1) is 0 Å². The number of rotatable bonds is 3. The molecule has 0 radical (unpaired) electrons. The summed E-state index contributed by atoms with van der Waals surface area (Å²) in [4.78, 5) is 14.5. The van der Waals surface area contributed by atoms with Gasteiger partial charge in [0.05, 0.1) is 11.7 Å². The van der Waals surface area contributed by atoms with Gasteiger partial charge in [-0.1, -0.05) is 34.1 Å². The van der Waals surface area contributed by atoms with Crippen LogP contribution >= 0.6 is 15.9 Å². The maximum absolute atomic E-state index is 12.7. The van der Waals surface area contributed by atoms with Gasteiger partial charge in [-0.3, -0.25) is 4.79 Å². The van der Waals surface area contributed by atoms with Crippen LogP contribution in [0.4, 0.5) is 0 Å². The van der Waals surface area contributed by atoms with E-state index in [1.54, 1.807) is 17.0 Å². The van der Waals surface area contributed by atoms with Crippen molar-refractivity contribution in [2.24, 2.45) is 0 Å². The van der Waals surface area contributed by atoms with Crippen molar-refractivity contribution in [1.29, 1.82) is 0 Å². The molecule has 1 aliphatic heterocycles. The van der Waals surface area contributed by atoms with Crippen LogP contribution in [0.1, 0.15) is 23.2 Å². The number of aliphatic hydroxyl groups is 1. The van der Waals surface area contributed by atoms with Crippen molar-refractivity contribution < 1.29 is 14.6 Å². The molecule has 1 heterocycles. The molecule has 0 atom stereocenters. The lowest BCUT2D eigenvalue weighted by Crippen LogP contribution is -2.40. The van der Waals surface area contributed by atoms with Gasteiger partial charge in [-0.15, -0.1) is 0 Å². The Bertz CT molecular complexity index is 696. The topological polar surface area (TPSA) is 49.8 Å². The maximum Gasteiger partial charge on any atom is 0.257 e. The number of likely N-dealkylation sites (tertiary alicyclic amines) is 1. The molecule has 1 fully saturated rings. The zero-order chi connectivity index (χ0) is 16.2. The van der Waals surface area contributed by atoms with Crippen LogP contribution in [0.2, 0.25) is 0 Å². The largest absolute Gasteiger partial charge is 0.456 e. The van der Waals surface area contributed by atoms with Gasteiger partial charge in [0.1, 0.15) is 11.5 Å². The van der Waals surface area contributed by atoms with Crippen LogP contribution in [-0.2, 0) is 0 Å². The Kier molecular flexibility index (Phi) is 4.98. The molecule has 1 N–H and O–H groups in total. The minimum absolute atomic E-state index is 0.0532. The van der Waals surface area contributed by atoms with E-state index in [1.807, 2.05) is 36.4 Å². The summed E-state index contributed by atoms with van der Waals surface area (Å²) in [6, 6.07) is 14.8. The number of carbonyl (C=O) groups is 1. The third-order valence-electron chi connectivity index (χ3n) is 3.89. The van der Waals surface area contributed by atoms with Crippen LogP contribution in [0.15, 0.2) is 53.0 Å². The van der Waals surface area contributed by atoms with E-state index in [4.69, 9.17) is 4.74 Å². The van der Waals surface area contributed by atoms with E-state index < -0.39 is 0 Å². The molecule has 1 aliphatic rings. The molecule has 2 aromatic carbocycles. The summed E-state index contributed by atoms with van der Waals surface area (Å²) in [6.07, 6.45) is 0.952. The normalized spacial score (nSPS) is 15.5. The summed E-state index contributed by atoms with van der Waals surface area (Å²) < 4.78 is 6.82. The monoisotopic (exact) mass is 375 g/mol. The number of piperidine rings is 1. The summed E-state index contributed by atoms with van der Waals surface area (Å²) in [7, 11) is 0. The predicted octanol–water partition coefficient (Wildman–Crippen LogP) is 3.84. The fraction of sp³-hybridized carbons (Fsp3) is 0.278. The quantitative estimate of drug-likeness (QED) is 0.886. The summed E-state index contributed by atoms with van der Waals surface area (Å²) in [6.45, 7) is 1.15. The van der Waals surface area contributed by atoms with E-state index >= 15 is 0 Å². The Labute approximate surface area is 143 Å². The van der Waals surface area contributed by atoms with Crippen molar-refractivity contribution in [3.63, 3.8) is 0 Å². The molecule has 5 heteroatoms. The van der Waals surface area contributed by atoms with Crippen molar-refractivity contribution in [3.05, 3.63) is 58.6 Å².